The summed E-state index contributed by atoms with van der Waals surface area (Å²) in [5.41, 5.74) is 3.73. The molecule has 6 nitrogen and oxygen atoms in total. The van der Waals surface area contributed by atoms with Crippen LogP contribution < -0.4 is 4.31 Å². The van der Waals surface area contributed by atoms with Crippen LogP contribution in [-0.2, 0) is 29.4 Å². The maximum atomic E-state index is 14.0. The fourth-order valence-electron chi connectivity index (χ4n) is 6.83. The smallest absolute Gasteiger partial charge is 0.241 e. The second kappa shape index (κ2) is 10.6. The number of aliphatic hydroxyl groups excluding tert-OH is 1. The van der Waals surface area contributed by atoms with Crippen molar-refractivity contribution in [1.29, 1.82) is 0 Å². The molecule has 0 radical (unpaired) electrons. The van der Waals surface area contributed by atoms with Crippen LogP contribution >= 0.6 is 0 Å². The number of ketones is 1. The number of nitrogens with zero attached hydrogens (tertiary/aromatic N) is 2. The largest absolute Gasteiger partial charge is 0.393 e. The Morgan fingerprint density at radius 2 is 1.88 bits per heavy atom. The summed E-state index contributed by atoms with van der Waals surface area (Å²) in [7, 11) is -2.12. The number of carbonyl (C=O) groups excluding carboxylic acids is 1. The van der Waals surface area contributed by atoms with E-state index in [0.29, 0.717) is 30.1 Å². The molecule has 2 heterocycles. The number of hydrogen-bond acceptors (Lipinski definition) is 4. The van der Waals surface area contributed by atoms with Crippen LogP contribution in [0.5, 0.6) is 0 Å². The third-order valence-electron chi connectivity index (χ3n) is 9.25. The van der Waals surface area contributed by atoms with Crippen molar-refractivity contribution in [2.45, 2.75) is 83.6 Å². The highest BCUT2D eigenvalue weighted by atomic mass is 32.2. The molecule has 40 heavy (non-hydrogen) atoms. The summed E-state index contributed by atoms with van der Waals surface area (Å²) in [6, 6.07) is 9.86. The summed E-state index contributed by atoms with van der Waals surface area (Å²) in [6.45, 7) is 8.04. The molecule has 0 saturated heterocycles. The number of benzene rings is 2. The third kappa shape index (κ3) is 5.09. The van der Waals surface area contributed by atoms with Crippen LogP contribution in [0, 0.1) is 23.6 Å². The summed E-state index contributed by atoms with van der Waals surface area (Å²) >= 11 is 0. The standard InChI is InChI=1S/C32H41FN2O4S/c1-6-22-18-35-19-32(3,4)40(38,39)34(5)28-16-24(15-27(22)30(28)35)29(36)17-25(14-21-8-11-26(33)12-9-21)31(37)23-10-7-20(2)13-23/h8-9,11-12,15-16,18,20,23,25,31,37H,6-7,10,13-14,17,19H2,1-5H3/t20-,23-,25-,31-/m1/s1. The predicted molar refractivity (Wildman–Crippen MR) is 158 cm³/mol. The van der Waals surface area contributed by atoms with E-state index in [1.165, 1.54) is 16.4 Å². The van der Waals surface area contributed by atoms with Gasteiger partial charge in [0.15, 0.2) is 5.78 Å². The zero-order valence-electron chi connectivity index (χ0n) is 24.2. The number of Topliss-reactive ketones (excluding diaryl/α,β-unsaturated/α-hetero) is 1. The van der Waals surface area contributed by atoms with Gasteiger partial charge in [-0.3, -0.25) is 9.10 Å². The molecular weight excluding hydrogens is 527 g/mol. The number of rotatable bonds is 8. The minimum absolute atomic E-state index is 0.124. The molecule has 1 aliphatic carbocycles. The van der Waals surface area contributed by atoms with Gasteiger partial charge < -0.3 is 9.67 Å². The second-order valence-corrected chi connectivity index (χ2v) is 15.2. The zero-order valence-corrected chi connectivity index (χ0v) is 25.0. The number of sulfonamides is 1. The van der Waals surface area contributed by atoms with E-state index >= 15 is 0 Å². The lowest BCUT2D eigenvalue weighted by atomic mass is 9.81. The summed E-state index contributed by atoms with van der Waals surface area (Å²) in [6.07, 6.45) is 5.62. The third-order valence-corrected chi connectivity index (χ3v) is 11.7. The molecule has 2 aliphatic rings. The van der Waals surface area contributed by atoms with Gasteiger partial charge in [-0.25, -0.2) is 12.8 Å². The Balaban J connectivity index is 1.53. The van der Waals surface area contributed by atoms with Gasteiger partial charge in [0, 0.05) is 37.2 Å². The topological polar surface area (TPSA) is 79.6 Å². The van der Waals surface area contributed by atoms with E-state index in [2.05, 4.69) is 13.8 Å². The van der Waals surface area contributed by atoms with Gasteiger partial charge in [-0.05, 0) is 92.7 Å². The fraction of sp³-hybridized carbons (Fsp3) is 0.531. The molecule has 1 N–H and O–H groups in total. The molecule has 5 rings (SSSR count). The second-order valence-electron chi connectivity index (χ2n) is 12.6. The molecule has 3 aromatic rings. The van der Waals surface area contributed by atoms with Crippen molar-refractivity contribution >= 4 is 32.4 Å². The van der Waals surface area contributed by atoms with Crippen LogP contribution in [0.4, 0.5) is 10.1 Å². The number of hydrogen-bond donors (Lipinski definition) is 1. The molecule has 0 spiro atoms. The Morgan fingerprint density at radius 3 is 2.50 bits per heavy atom. The van der Waals surface area contributed by atoms with Gasteiger partial charge in [0.2, 0.25) is 10.0 Å². The van der Waals surface area contributed by atoms with Crippen LogP contribution in [0.1, 0.15) is 74.9 Å². The highest BCUT2D eigenvalue weighted by Gasteiger charge is 2.42. The first kappa shape index (κ1) is 28.8. The van der Waals surface area contributed by atoms with Gasteiger partial charge in [0.1, 0.15) is 10.6 Å². The van der Waals surface area contributed by atoms with Crippen LogP contribution in [0.3, 0.4) is 0 Å². The molecular formula is C32H41FN2O4S. The molecule has 0 amide bonds. The number of anilines is 1. The van der Waals surface area contributed by atoms with Crippen molar-refractivity contribution in [1.82, 2.24) is 4.57 Å². The van der Waals surface area contributed by atoms with Crippen molar-refractivity contribution in [2.75, 3.05) is 11.4 Å². The first-order chi connectivity index (χ1) is 18.8. The first-order valence-corrected chi connectivity index (χ1v) is 15.9. The van der Waals surface area contributed by atoms with E-state index in [-0.39, 0.29) is 29.9 Å². The summed E-state index contributed by atoms with van der Waals surface area (Å²) in [5.74, 6) is -0.113. The van der Waals surface area contributed by atoms with Gasteiger partial charge in [-0.2, -0.15) is 0 Å². The summed E-state index contributed by atoms with van der Waals surface area (Å²) in [4.78, 5) is 14.0. The lowest BCUT2D eigenvalue weighted by Crippen LogP contribution is -2.44. The van der Waals surface area contributed by atoms with Crippen LogP contribution in [0.25, 0.3) is 10.9 Å². The fourth-order valence-corrected chi connectivity index (χ4v) is 8.27. The molecule has 1 fully saturated rings. The van der Waals surface area contributed by atoms with E-state index in [0.717, 1.165) is 47.7 Å². The number of aromatic nitrogens is 1. The summed E-state index contributed by atoms with van der Waals surface area (Å²) < 4.78 is 43.0. The number of halogens is 1. The molecule has 0 bridgehead atoms. The average Bonchev–Trinajstić information content (AvgIpc) is 3.49. The molecule has 1 aromatic heterocycles. The minimum Gasteiger partial charge on any atom is -0.393 e. The van der Waals surface area contributed by atoms with E-state index < -0.39 is 20.9 Å². The molecule has 216 valence electrons. The minimum atomic E-state index is -3.69. The van der Waals surface area contributed by atoms with Gasteiger partial charge in [-0.15, -0.1) is 0 Å². The zero-order chi connectivity index (χ0) is 29.0. The van der Waals surface area contributed by atoms with Crippen molar-refractivity contribution in [2.24, 2.45) is 17.8 Å². The van der Waals surface area contributed by atoms with Crippen molar-refractivity contribution in [3.8, 4) is 0 Å². The monoisotopic (exact) mass is 568 g/mol. The Labute approximate surface area is 237 Å². The first-order valence-electron chi connectivity index (χ1n) is 14.4. The number of carbonyl (C=O) groups is 1. The Morgan fingerprint density at radius 1 is 1.18 bits per heavy atom. The summed E-state index contributed by atoms with van der Waals surface area (Å²) in [5, 5.41) is 12.4. The highest BCUT2D eigenvalue weighted by Crippen LogP contribution is 2.41. The van der Waals surface area contributed by atoms with Gasteiger partial charge in [0.05, 0.1) is 17.3 Å². The molecule has 8 heteroatoms. The molecule has 1 saturated carbocycles. The van der Waals surface area contributed by atoms with Crippen LogP contribution in [0.15, 0.2) is 42.6 Å². The Kier molecular flexibility index (Phi) is 7.64. The molecule has 2 aromatic carbocycles. The average molecular weight is 569 g/mol. The van der Waals surface area contributed by atoms with Crippen molar-refractivity contribution < 1.29 is 22.7 Å². The molecule has 1 aliphatic heterocycles. The highest BCUT2D eigenvalue weighted by molar-refractivity contribution is 7.94. The van der Waals surface area contributed by atoms with Gasteiger partial charge >= 0.3 is 0 Å². The SMILES string of the molecule is CCc1cn2c3c(cc(C(=O)C[C@@H](Cc4ccc(F)cc4)[C@H](O)[C@@H]4CC[C@@H](C)C4)cc13)N(C)S(=O)(=O)C(C)(C)C2. The Hall–Kier alpha value is -2.71. The molecule has 4 atom stereocenters. The van der Waals surface area contributed by atoms with Crippen molar-refractivity contribution in [3.05, 3.63) is 65.1 Å². The van der Waals surface area contributed by atoms with E-state index in [1.54, 1.807) is 39.1 Å². The predicted octanol–water partition coefficient (Wildman–Crippen LogP) is 6.13. The number of aryl methyl sites for hydroxylation is 1. The van der Waals surface area contributed by atoms with Crippen LogP contribution in [0.2, 0.25) is 0 Å². The quantitative estimate of drug-likeness (QED) is 0.332. The molecule has 0 unspecified atom stereocenters. The maximum Gasteiger partial charge on any atom is 0.241 e. The van der Waals surface area contributed by atoms with E-state index in [4.69, 9.17) is 0 Å². The van der Waals surface area contributed by atoms with Gasteiger partial charge in [-0.1, -0.05) is 32.4 Å². The number of aliphatic hydroxyl groups is 1. The van der Waals surface area contributed by atoms with Crippen LogP contribution in [-0.4, -0.2) is 41.8 Å². The Bertz CT molecular complexity index is 1530. The lowest BCUT2D eigenvalue weighted by Gasteiger charge is -2.29. The maximum absolute atomic E-state index is 14.0. The van der Waals surface area contributed by atoms with E-state index in [9.17, 15) is 22.7 Å². The lowest BCUT2D eigenvalue weighted by molar-refractivity contribution is 0.0444. The van der Waals surface area contributed by atoms with Crippen molar-refractivity contribution in [3.63, 3.8) is 0 Å². The van der Waals surface area contributed by atoms with Gasteiger partial charge in [0.25, 0.3) is 0 Å². The van der Waals surface area contributed by atoms with E-state index in [1.807, 2.05) is 16.8 Å². The normalized spacial score (nSPS) is 23.2.